The standard InChI is InChI=1S/C19H17P/c1-14-8-9-18(15(2)12-14)19-13-17(10-11-20-19)16-6-4-3-5-7-16/h3-13H,1-2H3. The fraction of sp³-hybridized carbons (Fsp3) is 0.105. The van der Waals surface area contributed by atoms with E-state index >= 15 is 0 Å². The third-order valence-electron chi connectivity index (χ3n) is 3.52. The van der Waals surface area contributed by atoms with E-state index in [2.05, 4.69) is 80.3 Å². The van der Waals surface area contributed by atoms with E-state index in [-0.39, 0.29) is 0 Å². The SMILES string of the molecule is Cc1ccc(-c2cc(-c3ccccc3)ccp2)c(C)c1. The Morgan fingerprint density at radius 3 is 2.30 bits per heavy atom. The Labute approximate surface area is 122 Å². The molecule has 0 nitrogen and oxygen atoms in total. The predicted molar refractivity (Wildman–Crippen MR) is 89.3 cm³/mol. The van der Waals surface area contributed by atoms with Crippen LogP contribution in [0.15, 0.2) is 66.5 Å². The van der Waals surface area contributed by atoms with E-state index in [0.717, 1.165) is 0 Å². The molecule has 98 valence electrons. The third kappa shape index (κ3) is 2.66. The van der Waals surface area contributed by atoms with Gasteiger partial charge in [0, 0.05) is 5.30 Å². The molecule has 3 aromatic rings. The molecule has 0 saturated carbocycles. The summed E-state index contributed by atoms with van der Waals surface area (Å²) in [5.41, 5.74) is 6.60. The van der Waals surface area contributed by atoms with Crippen molar-refractivity contribution in [3.05, 3.63) is 77.6 Å². The van der Waals surface area contributed by atoms with Gasteiger partial charge in [-0.15, -0.1) is 0 Å². The summed E-state index contributed by atoms with van der Waals surface area (Å²) in [6, 6.07) is 21.8. The van der Waals surface area contributed by atoms with Gasteiger partial charge in [-0.2, -0.15) is 0 Å². The van der Waals surface area contributed by atoms with Gasteiger partial charge in [0.05, 0.1) is 0 Å². The minimum Gasteiger partial charge on any atom is -0.0678 e. The van der Waals surface area contributed by atoms with Gasteiger partial charge in [-0.1, -0.05) is 62.3 Å². The van der Waals surface area contributed by atoms with E-state index in [0.29, 0.717) is 0 Å². The molecule has 0 spiro atoms. The van der Waals surface area contributed by atoms with Gasteiger partial charge >= 0.3 is 0 Å². The van der Waals surface area contributed by atoms with E-state index < -0.39 is 0 Å². The Morgan fingerprint density at radius 1 is 0.750 bits per heavy atom. The normalized spacial score (nSPS) is 10.9. The van der Waals surface area contributed by atoms with Crippen molar-refractivity contribution in [3.63, 3.8) is 0 Å². The van der Waals surface area contributed by atoms with Crippen LogP contribution in [0.1, 0.15) is 11.1 Å². The minimum absolute atomic E-state index is 1.27. The van der Waals surface area contributed by atoms with Gasteiger partial charge in [-0.05, 0) is 54.0 Å². The monoisotopic (exact) mass is 276 g/mol. The molecule has 1 aromatic heterocycles. The van der Waals surface area contributed by atoms with Crippen molar-refractivity contribution in [2.45, 2.75) is 13.8 Å². The highest BCUT2D eigenvalue weighted by atomic mass is 31.0. The summed E-state index contributed by atoms with van der Waals surface area (Å²) in [5, 5.41) is 1.38. The van der Waals surface area contributed by atoms with E-state index in [9.17, 15) is 0 Å². The quantitative estimate of drug-likeness (QED) is 0.521. The van der Waals surface area contributed by atoms with Crippen molar-refractivity contribution in [2.24, 2.45) is 0 Å². The molecular formula is C19H17P. The van der Waals surface area contributed by atoms with Crippen LogP contribution in [0.3, 0.4) is 0 Å². The summed E-state index contributed by atoms with van der Waals surface area (Å²) in [5.74, 6) is 2.23. The molecular weight excluding hydrogens is 259 g/mol. The smallest absolute Gasteiger partial charge is 0.00990 e. The molecule has 0 aliphatic rings. The van der Waals surface area contributed by atoms with Crippen LogP contribution in [0.25, 0.3) is 22.0 Å². The van der Waals surface area contributed by atoms with Crippen LogP contribution in [-0.4, -0.2) is 0 Å². The third-order valence-corrected chi connectivity index (χ3v) is 4.47. The maximum Gasteiger partial charge on any atom is 0.00990 e. The fourth-order valence-corrected chi connectivity index (χ4v) is 3.49. The van der Waals surface area contributed by atoms with Crippen molar-refractivity contribution in [1.29, 1.82) is 0 Å². The van der Waals surface area contributed by atoms with Crippen LogP contribution in [0.2, 0.25) is 0 Å². The highest BCUT2D eigenvalue weighted by Crippen LogP contribution is 2.34. The molecule has 0 bridgehead atoms. The van der Waals surface area contributed by atoms with Gasteiger partial charge in [0.15, 0.2) is 0 Å². The topological polar surface area (TPSA) is 0 Å². The van der Waals surface area contributed by atoms with Gasteiger partial charge < -0.3 is 0 Å². The van der Waals surface area contributed by atoms with Gasteiger partial charge in [-0.25, -0.2) is 0 Å². The molecule has 0 amide bonds. The number of benzene rings is 2. The lowest BCUT2D eigenvalue weighted by atomic mass is 10.0. The Morgan fingerprint density at radius 2 is 1.55 bits per heavy atom. The summed E-state index contributed by atoms with van der Waals surface area (Å²) in [6.07, 6.45) is 0. The molecule has 1 heterocycles. The summed E-state index contributed by atoms with van der Waals surface area (Å²) < 4.78 is 0. The molecule has 0 aliphatic carbocycles. The summed E-state index contributed by atoms with van der Waals surface area (Å²) >= 11 is 0. The van der Waals surface area contributed by atoms with Crippen LogP contribution in [0, 0.1) is 13.8 Å². The molecule has 0 radical (unpaired) electrons. The first kappa shape index (κ1) is 13.1. The Balaban J connectivity index is 2.08. The lowest BCUT2D eigenvalue weighted by Crippen LogP contribution is -1.83. The first-order valence-corrected chi connectivity index (χ1v) is 7.79. The number of aryl methyl sites for hydroxylation is 2. The van der Waals surface area contributed by atoms with Gasteiger partial charge in [-0.3, -0.25) is 0 Å². The summed E-state index contributed by atoms with van der Waals surface area (Å²) in [7, 11) is 1.27. The zero-order valence-corrected chi connectivity index (χ0v) is 12.7. The lowest BCUT2D eigenvalue weighted by molar-refractivity contribution is 1.39. The first-order valence-electron chi connectivity index (χ1n) is 6.83. The number of hydrogen-bond donors (Lipinski definition) is 0. The summed E-state index contributed by atoms with van der Waals surface area (Å²) in [6.45, 7) is 4.34. The zero-order chi connectivity index (χ0) is 13.9. The molecule has 1 heteroatoms. The van der Waals surface area contributed by atoms with E-state index in [1.54, 1.807) is 0 Å². The first-order chi connectivity index (χ1) is 9.74. The number of rotatable bonds is 2. The maximum atomic E-state index is 2.31. The number of hydrogen-bond acceptors (Lipinski definition) is 0. The Bertz CT molecular complexity index is 730. The highest BCUT2D eigenvalue weighted by molar-refractivity contribution is 7.33. The second kappa shape index (κ2) is 5.61. The molecule has 3 rings (SSSR count). The van der Waals surface area contributed by atoms with Crippen LogP contribution in [0.5, 0.6) is 0 Å². The molecule has 0 fully saturated rings. The van der Waals surface area contributed by atoms with Crippen molar-refractivity contribution < 1.29 is 0 Å². The average molecular weight is 276 g/mol. The van der Waals surface area contributed by atoms with Crippen LogP contribution < -0.4 is 0 Å². The largest absolute Gasteiger partial charge is 0.0678 e. The maximum absolute atomic E-state index is 2.31. The van der Waals surface area contributed by atoms with Gasteiger partial charge in [0.25, 0.3) is 0 Å². The Hall–Kier alpha value is -1.91. The molecule has 0 unspecified atom stereocenters. The predicted octanol–water partition coefficient (Wildman–Crippen LogP) is 6.22. The molecule has 2 aromatic carbocycles. The van der Waals surface area contributed by atoms with Crippen LogP contribution in [0.4, 0.5) is 0 Å². The van der Waals surface area contributed by atoms with Gasteiger partial charge in [0.2, 0.25) is 0 Å². The summed E-state index contributed by atoms with van der Waals surface area (Å²) in [4.78, 5) is 0. The van der Waals surface area contributed by atoms with Crippen LogP contribution >= 0.6 is 8.19 Å². The van der Waals surface area contributed by atoms with Crippen molar-refractivity contribution in [2.75, 3.05) is 0 Å². The zero-order valence-electron chi connectivity index (χ0n) is 11.8. The Kier molecular flexibility index (Phi) is 3.67. The van der Waals surface area contributed by atoms with Crippen LogP contribution in [-0.2, 0) is 0 Å². The van der Waals surface area contributed by atoms with Gasteiger partial charge in [0.1, 0.15) is 0 Å². The minimum atomic E-state index is 1.27. The molecule has 0 atom stereocenters. The molecule has 0 saturated heterocycles. The lowest BCUT2D eigenvalue weighted by Gasteiger charge is -2.09. The van der Waals surface area contributed by atoms with Crippen molar-refractivity contribution in [1.82, 2.24) is 0 Å². The van der Waals surface area contributed by atoms with E-state index in [4.69, 9.17) is 0 Å². The highest BCUT2D eigenvalue weighted by Gasteiger charge is 2.04. The van der Waals surface area contributed by atoms with Crippen molar-refractivity contribution >= 4 is 8.19 Å². The fourth-order valence-electron chi connectivity index (χ4n) is 2.49. The van der Waals surface area contributed by atoms with E-state index in [1.807, 2.05) is 0 Å². The average Bonchev–Trinajstić information content (AvgIpc) is 2.48. The second-order valence-electron chi connectivity index (χ2n) is 5.11. The second-order valence-corrected chi connectivity index (χ2v) is 6.15. The van der Waals surface area contributed by atoms with Crippen molar-refractivity contribution in [3.8, 4) is 22.0 Å². The molecule has 0 aliphatic heterocycles. The van der Waals surface area contributed by atoms with E-state index in [1.165, 1.54) is 41.3 Å². The molecule has 20 heavy (non-hydrogen) atoms. The molecule has 0 N–H and O–H groups in total.